The summed E-state index contributed by atoms with van der Waals surface area (Å²) in [6.07, 6.45) is 4.60. The van der Waals surface area contributed by atoms with Crippen molar-refractivity contribution in [1.29, 1.82) is 0 Å². The first-order chi connectivity index (χ1) is 12.2. The molecular formula is C19H25ClF2N4. The molecule has 0 amide bonds. The van der Waals surface area contributed by atoms with Crippen LogP contribution in [0.3, 0.4) is 0 Å². The maximum Gasteiger partial charge on any atom is 0.271 e. The molecule has 0 unspecified atom stereocenters. The molecule has 0 bridgehead atoms. The number of halogens is 3. The summed E-state index contributed by atoms with van der Waals surface area (Å²) in [6.45, 7) is 8.04. The Morgan fingerprint density at radius 2 is 1.92 bits per heavy atom. The van der Waals surface area contributed by atoms with Gasteiger partial charge in [0.15, 0.2) is 0 Å². The van der Waals surface area contributed by atoms with Gasteiger partial charge in [-0.25, -0.2) is 13.8 Å². The van der Waals surface area contributed by atoms with Gasteiger partial charge in [-0.2, -0.15) is 4.98 Å². The van der Waals surface area contributed by atoms with Crippen LogP contribution >= 0.6 is 11.6 Å². The third-order valence-electron chi connectivity index (χ3n) is 5.38. The lowest BCUT2D eigenvalue weighted by Gasteiger charge is -2.38. The highest BCUT2D eigenvalue weighted by atomic mass is 35.5. The Labute approximate surface area is 158 Å². The van der Waals surface area contributed by atoms with E-state index in [9.17, 15) is 8.78 Å². The molecule has 3 rings (SSSR count). The Hall–Kier alpha value is -1.69. The minimum Gasteiger partial charge on any atom is -0.356 e. The van der Waals surface area contributed by atoms with E-state index < -0.39 is 11.8 Å². The van der Waals surface area contributed by atoms with Gasteiger partial charge in [-0.1, -0.05) is 13.5 Å². The predicted molar refractivity (Wildman–Crippen MR) is 102 cm³/mol. The number of hydrogen-bond donors (Lipinski definition) is 0. The van der Waals surface area contributed by atoms with E-state index in [4.69, 9.17) is 11.6 Å². The van der Waals surface area contributed by atoms with Crippen molar-refractivity contribution in [2.75, 3.05) is 29.9 Å². The molecule has 1 aromatic heterocycles. The molecule has 1 saturated heterocycles. The Bertz CT molecular complexity index is 739. The Kier molecular flexibility index (Phi) is 5.24. The molecule has 4 nitrogen and oxygen atoms in total. The fourth-order valence-corrected chi connectivity index (χ4v) is 3.93. The minimum atomic E-state index is -2.81. The summed E-state index contributed by atoms with van der Waals surface area (Å²) in [5, 5.41) is 0.188. The van der Waals surface area contributed by atoms with Crippen LogP contribution in [0.2, 0.25) is 5.28 Å². The number of piperidine rings is 1. The van der Waals surface area contributed by atoms with Crippen LogP contribution < -0.4 is 9.80 Å². The topological polar surface area (TPSA) is 32.3 Å². The summed E-state index contributed by atoms with van der Waals surface area (Å²) in [5.41, 5.74) is 2.26. The number of aromatic nitrogens is 2. The largest absolute Gasteiger partial charge is 0.356 e. The summed E-state index contributed by atoms with van der Waals surface area (Å²) >= 11 is 6.15. The number of allylic oxidation sites excluding steroid dienone is 2. The van der Waals surface area contributed by atoms with Crippen molar-refractivity contribution in [3.63, 3.8) is 0 Å². The van der Waals surface area contributed by atoms with Gasteiger partial charge in [0.1, 0.15) is 11.6 Å². The predicted octanol–water partition coefficient (Wildman–Crippen LogP) is 4.84. The van der Waals surface area contributed by atoms with E-state index in [1.54, 1.807) is 0 Å². The highest BCUT2D eigenvalue weighted by molar-refractivity contribution is 6.28. The molecule has 0 aromatic carbocycles. The van der Waals surface area contributed by atoms with Crippen LogP contribution in [0.1, 0.15) is 38.7 Å². The Balaban J connectivity index is 1.85. The highest BCUT2D eigenvalue weighted by Crippen LogP contribution is 2.40. The van der Waals surface area contributed by atoms with Gasteiger partial charge in [0, 0.05) is 44.2 Å². The van der Waals surface area contributed by atoms with E-state index >= 15 is 0 Å². The molecule has 2 aliphatic heterocycles. The second-order valence-electron chi connectivity index (χ2n) is 7.21. The van der Waals surface area contributed by atoms with Crippen molar-refractivity contribution >= 4 is 23.2 Å². The fourth-order valence-electron chi connectivity index (χ4n) is 3.77. The van der Waals surface area contributed by atoms with Crippen molar-refractivity contribution < 1.29 is 8.78 Å². The monoisotopic (exact) mass is 382 g/mol. The van der Waals surface area contributed by atoms with Gasteiger partial charge in [0.25, 0.3) is 5.92 Å². The van der Waals surface area contributed by atoms with Gasteiger partial charge in [0.05, 0.1) is 0 Å². The molecule has 0 atom stereocenters. The van der Waals surface area contributed by atoms with E-state index in [0.717, 1.165) is 30.0 Å². The molecular weight excluding hydrogens is 358 g/mol. The first-order valence-electron chi connectivity index (χ1n) is 9.01. The first kappa shape index (κ1) is 19.1. The van der Waals surface area contributed by atoms with E-state index in [2.05, 4.69) is 34.6 Å². The zero-order chi connectivity index (χ0) is 19.1. The van der Waals surface area contributed by atoms with E-state index in [-0.39, 0.29) is 10.9 Å². The van der Waals surface area contributed by atoms with Crippen LogP contribution in [-0.4, -0.2) is 36.0 Å². The Morgan fingerprint density at radius 3 is 2.50 bits per heavy atom. The minimum absolute atomic E-state index is 0.0576. The SMILES string of the molecule is C=C(C)C(F)(F)C1CCN(c2nc(Cl)nc3c2CC(CC)=CN3C)CC1. The molecule has 26 heavy (non-hydrogen) atoms. The van der Waals surface area contributed by atoms with Gasteiger partial charge in [-0.05, 0) is 48.9 Å². The first-order valence-corrected chi connectivity index (χ1v) is 9.39. The zero-order valence-corrected chi connectivity index (χ0v) is 16.3. The summed E-state index contributed by atoms with van der Waals surface area (Å²) in [4.78, 5) is 12.9. The van der Waals surface area contributed by atoms with E-state index in [1.165, 1.54) is 12.5 Å². The number of alkyl halides is 2. The van der Waals surface area contributed by atoms with Gasteiger partial charge in [-0.15, -0.1) is 0 Å². The average Bonchev–Trinajstić information content (AvgIpc) is 2.61. The van der Waals surface area contributed by atoms with Gasteiger partial charge in [-0.3, -0.25) is 0 Å². The average molecular weight is 383 g/mol. The zero-order valence-electron chi connectivity index (χ0n) is 15.5. The quantitative estimate of drug-likeness (QED) is 0.550. The molecule has 7 heteroatoms. The Morgan fingerprint density at radius 1 is 1.31 bits per heavy atom. The molecule has 1 fully saturated rings. The second-order valence-corrected chi connectivity index (χ2v) is 7.55. The van der Waals surface area contributed by atoms with Crippen molar-refractivity contribution in [1.82, 2.24) is 9.97 Å². The van der Waals surface area contributed by atoms with Gasteiger partial charge < -0.3 is 9.80 Å². The van der Waals surface area contributed by atoms with Crippen molar-refractivity contribution in [2.24, 2.45) is 5.92 Å². The van der Waals surface area contributed by atoms with Crippen molar-refractivity contribution in [3.8, 4) is 0 Å². The van der Waals surface area contributed by atoms with Crippen LogP contribution in [0.5, 0.6) is 0 Å². The molecule has 0 aliphatic carbocycles. The third-order valence-corrected chi connectivity index (χ3v) is 5.55. The van der Waals surface area contributed by atoms with Gasteiger partial charge >= 0.3 is 0 Å². The number of rotatable bonds is 4. The number of anilines is 2. The third kappa shape index (κ3) is 3.43. The van der Waals surface area contributed by atoms with E-state index in [1.807, 2.05) is 11.9 Å². The molecule has 3 heterocycles. The van der Waals surface area contributed by atoms with Crippen molar-refractivity contribution in [3.05, 3.63) is 34.8 Å². The molecule has 1 aromatic rings. The second kappa shape index (κ2) is 7.14. The smallest absolute Gasteiger partial charge is 0.271 e. The highest BCUT2D eigenvalue weighted by Gasteiger charge is 2.42. The van der Waals surface area contributed by atoms with Crippen LogP contribution in [-0.2, 0) is 6.42 Å². The normalized spacial score (nSPS) is 18.6. The maximum absolute atomic E-state index is 14.3. The lowest BCUT2D eigenvalue weighted by atomic mass is 9.87. The summed E-state index contributed by atoms with van der Waals surface area (Å²) in [5.74, 6) is -1.90. The molecule has 0 spiro atoms. The molecule has 0 saturated carbocycles. The van der Waals surface area contributed by atoms with Crippen molar-refractivity contribution in [2.45, 2.75) is 45.5 Å². The molecule has 2 aliphatic rings. The standard InChI is InChI=1S/C19H25ClF2N4/c1-5-13-10-15-16(25(4)11-13)23-18(20)24-17(15)26-8-6-14(7-9-26)19(21,22)12(2)3/h11,14H,2,5-10H2,1,3-4H3. The van der Waals surface area contributed by atoms with Crippen LogP contribution in [0.4, 0.5) is 20.4 Å². The van der Waals surface area contributed by atoms with Crippen LogP contribution in [0.15, 0.2) is 23.9 Å². The number of fused-ring (bicyclic) bond motifs is 1. The summed E-state index contributed by atoms with van der Waals surface area (Å²) < 4.78 is 28.5. The molecule has 0 N–H and O–H groups in total. The van der Waals surface area contributed by atoms with Crippen LogP contribution in [0, 0.1) is 5.92 Å². The molecule has 0 radical (unpaired) electrons. The molecule has 142 valence electrons. The lowest BCUT2D eigenvalue weighted by Crippen LogP contribution is -2.42. The van der Waals surface area contributed by atoms with Gasteiger partial charge in [0.2, 0.25) is 5.28 Å². The number of nitrogens with zero attached hydrogens (tertiary/aromatic N) is 4. The van der Waals surface area contributed by atoms with E-state index in [0.29, 0.717) is 25.9 Å². The maximum atomic E-state index is 14.3. The summed E-state index contributed by atoms with van der Waals surface area (Å²) in [6, 6.07) is 0. The fraction of sp³-hybridized carbons (Fsp3) is 0.579. The summed E-state index contributed by atoms with van der Waals surface area (Å²) in [7, 11) is 1.94. The lowest BCUT2D eigenvalue weighted by molar-refractivity contribution is -0.0300. The number of hydrogen-bond acceptors (Lipinski definition) is 4. The van der Waals surface area contributed by atoms with Crippen LogP contribution in [0.25, 0.3) is 0 Å².